The third-order valence-corrected chi connectivity index (χ3v) is 3.59. The lowest BCUT2D eigenvalue weighted by Gasteiger charge is -2.26. The van der Waals surface area contributed by atoms with Crippen LogP contribution in [-0.4, -0.2) is 0 Å². The van der Waals surface area contributed by atoms with Crippen molar-refractivity contribution in [3.8, 4) is 0 Å². The quantitative estimate of drug-likeness (QED) is 0.567. The summed E-state index contributed by atoms with van der Waals surface area (Å²) in [5.74, 6) is 0. The van der Waals surface area contributed by atoms with Crippen molar-refractivity contribution in [1.29, 1.82) is 0 Å². The largest absolute Gasteiger partial charge is 0.0840 e. The summed E-state index contributed by atoms with van der Waals surface area (Å²) >= 11 is 6.25. The fourth-order valence-corrected chi connectivity index (χ4v) is 2.53. The highest BCUT2D eigenvalue weighted by Gasteiger charge is 2.22. The Balaban J connectivity index is 2.59. The molecular formula is C15H23Cl. The monoisotopic (exact) mass is 238 g/mol. The summed E-state index contributed by atoms with van der Waals surface area (Å²) < 4.78 is 0. The maximum absolute atomic E-state index is 6.25. The minimum atomic E-state index is 0.200. The number of halogens is 1. The van der Waals surface area contributed by atoms with Gasteiger partial charge in [0.25, 0.3) is 0 Å². The third kappa shape index (κ3) is 3.83. The zero-order chi connectivity index (χ0) is 12.0. The highest BCUT2D eigenvalue weighted by molar-refractivity contribution is 6.31. The Morgan fingerprint density at radius 1 is 1.06 bits per heavy atom. The van der Waals surface area contributed by atoms with E-state index >= 15 is 0 Å². The molecule has 0 saturated carbocycles. The van der Waals surface area contributed by atoms with Gasteiger partial charge in [0.1, 0.15) is 0 Å². The highest BCUT2D eigenvalue weighted by Crippen LogP contribution is 2.33. The maximum atomic E-state index is 6.25. The Bertz CT molecular complexity index is 315. The van der Waals surface area contributed by atoms with E-state index in [2.05, 4.69) is 32.9 Å². The van der Waals surface area contributed by atoms with Crippen molar-refractivity contribution in [3.05, 3.63) is 34.9 Å². The van der Waals surface area contributed by atoms with E-state index in [1.165, 1.54) is 37.7 Å². The summed E-state index contributed by atoms with van der Waals surface area (Å²) in [5, 5.41) is 0.906. The van der Waals surface area contributed by atoms with Gasteiger partial charge in [-0.25, -0.2) is 0 Å². The van der Waals surface area contributed by atoms with Gasteiger partial charge in [0.15, 0.2) is 0 Å². The first-order valence-corrected chi connectivity index (χ1v) is 6.70. The summed E-state index contributed by atoms with van der Waals surface area (Å²) in [5.41, 5.74) is 1.49. The minimum Gasteiger partial charge on any atom is -0.0840 e. The fourth-order valence-electron chi connectivity index (χ4n) is 2.14. The Labute approximate surface area is 105 Å². The summed E-state index contributed by atoms with van der Waals surface area (Å²) in [4.78, 5) is 0. The van der Waals surface area contributed by atoms with Crippen LogP contribution in [0.1, 0.15) is 58.4 Å². The maximum Gasteiger partial charge on any atom is 0.0443 e. The second kappa shape index (κ2) is 6.30. The molecule has 0 nitrogen and oxygen atoms in total. The van der Waals surface area contributed by atoms with Crippen molar-refractivity contribution >= 4 is 11.6 Å². The van der Waals surface area contributed by atoms with Gasteiger partial charge in [-0.1, -0.05) is 76.3 Å². The predicted molar refractivity (Wildman–Crippen MR) is 73.2 cm³/mol. The Kier molecular flexibility index (Phi) is 5.34. The Hall–Kier alpha value is -0.490. The van der Waals surface area contributed by atoms with Crippen LogP contribution in [0.4, 0.5) is 0 Å². The first-order valence-electron chi connectivity index (χ1n) is 6.33. The topological polar surface area (TPSA) is 0 Å². The van der Waals surface area contributed by atoms with E-state index in [0.717, 1.165) is 5.02 Å². The molecule has 0 unspecified atom stereocenters. The van der Waals surface area contributed by atoms with E-state index in [0.29, 0.717) is 0 Å². The van der Waals surface area contributed by atoms with Crippen LogP contribution in [0.15, 0.2) is 24.3 Å². The Morgan fingerprint density at radius 2 is 1.75 bits per heavy atom. The highest BCUT2D eigenvalue weighted by atomic mass is 35.5. The van der Waals surface area contributed by atoms with E-state index in [4.69, 9.17) is 11.6 Å². The number of unbranched alkanes of at least 4 members (excludes halogenated alkanes) is 3. The average Bonchev–Trinajstić information content (AvgIpc) is 2.25. The van der Waals surface area contributed by atoms with Crippen LogP contribution in [0.2, 0.25) is 5.02 Å². The molecule has 0 atom stereocenters. The molecular weight excluding hydrogens is 216 g/mol. The van der Waals surface area contributed by atoms with Gasteiger partial charge in [0.2, 0.25) is 0 Å². The van der Waals surface area contributed by atoms with Gasteiger partial charge in [-0.05, 0) is 23.5 Å². The van der Waals surface area contributed by atoms with Gasteiger partial charge >= 0.3 is 0 Å². The average molecular weight is 239 g/mol. The molecule has 0 aliphatic rings. The molecule has 1 rings (SSSR count). The van der Waals surface area contributed by atoms with Crippen LogP contribution in [0.3, 0.4) is 0 Å². The van der Waals surface area contributed by atoms with Gasteiger partial charge in [0, 0.05) is 5.02 Å². The van der Waals surface area contributed by atoms with E-state index < -0.39 is 0 Å². The molecule has 0 saturated heterocycles. The van der Waals surface area contributed by atoms with Crippen LogP contribution in [0.25, 0.3) is 0 Å². The van der Waals surface area contributed by atoms with E-state index in [1.807, 2.05) is 12.1 Å². The molecule has 0 heterocycles. The van der Waals surface area contributed by atoms with Gasteiger partial charge in [-0.15, -0.1) is 0 Å². The van der Waals surface area contributed by atoms with Crippen molar-refractivity contribution in [2.24, 2.45) is 0 Å². The molecule has 0 bridgehead atoms. The third-order valence-electron chi connectivity index (χ3n) is 3.26. The lowest BCUT2D eigenvalue weighted by atomic mass is 9.80. The van der Waals surface area contributed by atoms with Crippen LogP contribution < -0.4 is 0 Å². The molecule has 1 aromatic rings. The predicted octanol–water partition coefficient (Wildman–Crippen LogP) is 5.59. The molecule has 0 spiro atoms. The van der Waals surface area contributed by atoms with Crippen molar-refractivity contribution in [2.75, 3.05) is 0 Å². The number of rotatable bonds is 6. The van der Waals surface area contributed by atoms with Gasteiger partial charge in [-0.2, -0.15) is 0 Å². The van der Waals surface area contributed by atoms with Gasteiger partial charge in [-0.3, -0.25) is 0 Å². The summed E-state index contributed by atoms with van der Waals surface area (Å²) in [6.45, 7) is 6.83. The molecule has 0 radical (unpaired) electrons. The van der Waals surface area contributed by atoms with E-state index in [-0.39, 0.29) is 5.41 Å². The second-order valence-corrected chi connectivity index (χ2v) is 5.58. The molecule has 90 valence electrons. The van der Waals surface area contributed by atoms with Crippen molar-refractivity contribution < 1.29 is 0 Å². The summed E-state index contributed by atoms with van der Waals surface area (Å²) in [7, 11) is 0. The van der Waals surface area contributed by atoms with E-state index in [9.17, 15) is 0 Å². The first kappa shape index (κ1) is 13.6. The normalized spacial score (nSPS) is 11.8. The van der Waals surface area contributed by atoms with Crippen LogP contribution in [-0.2, 0) is 5.41 Å². The summed E-state index contributed by atoms with van der Waals surface area (Å²) in [6.07, 6.45) is 6.50. The molecule has 0 aliphatic heterocycles. The molecule has 0 aromatic heterocycles. The van der Waals surface area contributed by atoms with Crippen LogP contribution >= 0.6 is 11.6 Å². The van der Waals surface area contributed by atoms with Crippen LogP contribution in [0.5, 0.6) is 0 Å². The molecule has 0 N–H and O–H groups in total. The zero-order valence-corrected chi connectivity index (χ0v) is 11.5. The molecule has 1 heteroatoms. The standard InChI is InChI=1S/C15H23Cl/c1-4-5-6-9-12-15(2,3)13-10-7-8-11-14(13)16/h7-8,10-11H,4-6,9,12H2,1-3H3. The molecule has 1 aromatic carbocycles. The second-order valence-electron chi connectivity index (χ2n) is 5.17. The lowest BCUT2D eigenvalue weighted by Crippen LogP contribution is -2.17. The number of hydrogen-bond donors (Lipinski definition) is 0. The fraction of sp³-hybridized carbons (Fsp3) is 0.600. The first-order chi connectivity index (χ1) is 7.58. The minimum absolute atomic E-state index is 0.200. The van der Waals surface area contributed by atoms with Gasteiger partial charge < -0.3 is 0 Å². The SMILES string of the molecule is CCCCCCC(C)(C)c1ccccc1Cl. The lowest BCUT2D eigenvalue weighted by molar-refractivity contribution is 0.446. The van der Waals surface area contributed by atoms with E-state index in [1.54, 1.807) is 0 Å². The number of hydrogen-bond acceptors (Lipinski definition) is 0. The van der Waals surface area contributed by atoms with Gasteiger partial charge in [0.05, 0.1) is 0 Å². The van der Waals surface area contributed by atoms with Crippen molar-refractivity contribution in [2.45, 2.75) is 58.3 Å². The molecule has 0 fully saturated rings. The van der Waals surface area contributed by atoms with Crippen LogP contribution in [0, 0.1) is 0 Å². The summed E-state index contributed by atoms with van der Waals surface area (Å²) in [6, 6.07) is 8.22. The Morgan fingerprint density at radius 3 is 2.38 bits per heavy atom. The van der Waals surface area contributed by atoms with Crippen molar-refractivity contribution in [3.63, 3.8) is 0 Å². The number of benzene rings is 1. The molecule has 0 amide bonds. The van der Waals surface area contributed by atoms with Crippen molar-refractivity contribution in [1.82, 2.24) is 0 Å². The molecule has 0 aliphatic carbocycles. The smallest absolute Gasteiger partial charge is 0.0443 e. The molecule has 16 heavy (non-hydrogen) atoms. The zero-order valence-electron chi connectivity index (χ0n) is 10.7.